The number of carbonyl (C=O) groups excluding carboxylic acids is 1. The molecule has 1 aliphatic carbocycles. The summed E-state index contributed by atoms with van der Waals surface area (Å²) < 4.78 is 0. The maximum Gasteiger partial charge on any atom is 0.237 e. The van der Waals surface area contributed by atoms with E-state index in [4.69, 9.17) is 5.26 Å². The van der Waals surface area contributed by atoms with E-state index in [2.05, 4.69) is 40.6 Å². The second-order valence-corrected chi connectivity index (χ2v) is 7.96. The van der Waals surface area contributed by atoms with Gasteiger partial charge in [-0.2, -0.15) is 5.26 Å². The number of nitrogens with one attached hydrogen (secondary N) is 1. The van der Waals surface area contributed by atoms with Crippen molar-refractivity contribution in [1.82, 2.24) is 10.2 Å². The Hall–Kier alpha value is -2.06. The summed E-state index contributed by atoms with van der Waals surface area (Å²) in [4.78, 5) is 16.7. The minimum absolute atomic E-state index is 0.0889. The van der Waals surface area contributed by atoms with Crippen molar-refractivity contribution >= 4 is 11.6 Å². The van der Waals surface area contributed by atoms with Crippen LogP contribution in [0.1, 0.15) is 37.7 Å². The molecule has 26 heavy (non-hydrogen) atoms. The van der Waals surface area contributed by atoms with Gasteiger partial charge < -0.3 is 15.1 Å². The van der Waals surface area contributed by atoms with E-state index in [1.165, 1.54) is 17.7 Å². The van der Waals surface area contributed by atoms with Crippen molar-refractivity contribution < 1.29 is 4.79 Å². The van der Waals surface area contributed by atoms with Crippen LogP contribution in [0.5, 0.6) is 0 Å². The number of hydrogen-bond donors (Lipinski definition) is 1. The first-order chi connectivity index (χ1) is 12.7. The molecule has 0 spiro atoms. The molecule has 0 bridgehead atoms. The van der Waals surface area contributed by atoms with Crippen LogP contribution in [0.25, 0.3) is 0 Å². The fraction of sp³-hybridized carbons (Fsp3) is 0.619. The quantitative estimate of drug-likeness (QED) is 0.883. The number of rotatable bonds is 5. The van der Waals surface area contributed by atoms with Crippen molar-refractivity contribution in [2.24, 2.45) is 5.92 Å². The zero-order chi connectivity index (χ0) is 17.9. The van der Waals surface area contributed by atoms with Gasteiger partial charge in [-0.25, -0.2) is 0 Å². The summed E-state index contributed by atoms with van der Waals surface area (Å²) in [6.07, 6.45) is 6.46. The summed E-state index contributed by atoms with van der Waals surface area (Å²) in [5.74, 6) is 0.790. The molecule has 2 aliphatic heterocycles. The van der Waals surface area contributed by atoms with Gasteiger partial charge >= 0.3 is 0 Å². The highest BCUT2D eigenvalue weighted by atomic mass is 16.2. The van der Waals surface area contributed by atoms with Gasteiger partial charge in [0.1, 0.15) is 6.04 Å². The van der Waals surface area contributed by atoms with Crippen molar-refractivity contribution in [3.63, 3.8) is 0 Å². The van der Waals surface area contributed by atoms with E-state index in [0.717, 1.165) is 51.7 Å². The molecule has 0 aromatic heterocycles. The van der Waals surface area contributed by atoms with Gasteiger partial charge in [-0.3, -0.25) is 4.79 Å². The lowest BCUT2D eigenvalue weighted by Gasteiger charge is -2.24. The molecule has 1 saturated carbocycles. The molecule has 2 heterocycles. The van der Waals surface area contributed by atoms with Crippen molar-refractivity contribution in [3.8, 4) is 6.07 Å². The number of nitrogens with zero attached hydrogens (tertiary/aromatic N) is 3. The molecule has 3 unspecified atom stereocenters. The second kappa shape index (κ2) is 7.67. The Morgan fingerprint density at radius 2 is 2.12 bits per heavy atom. The number of nitriles is 1. The first kappa shape index (κ1) is 17.4. The molecule has 1 N–H and O–H groups in total. The van der Waals surface area contributed by atoms with E-state index in [1.54, 1.807) is 4.90 Å². The molecule has 5 nitrogen and oxygen atoms in total. The van der Waals surface area contributed by atoms with Crippen molar-refractivity contribution in [2.75, 3.05) is 31.1 Å². The predicted molar refractivity (Wildman–Crippen MR) is 102 cm³/mol. The van der Waals surface area contributed by atoms with E-state index in [-0.39, 0.29) is 11.9 Å². The third-order valence-corrected chi connectivity index (χ3v) is 6.27. The fourth-order valence-electron chi connectivity index (χ4n) is 4.87. The van der Waals surface area contributed by atoms with Crippen LogP contribution in [0.15, 0.2) is 24.3 Å². The predicted octanol–water partition coefficient (Wildman–Crippen LogP) is 2.32. The molecule has 1 aromatic carbocycles. The van der Waals surface area contributed by atoms with E-state index in [0.29, 0.717) is 18.5 Å². The monoisotopic (exact) mass is 352 g/mol. The number of benzene rings is 1. The average Bonchev–Trinajstić information content (AvgIpc) is 3.40. The molecule has 1 amide bonds. The van der Waals surface area contributed by atoms with Gasteiger partial charge in [0.2, 0.25) is 5.91 Å². The van der Waals surface area contributed by atoms with E-state index >= 15 is 0 Å². The topological polar surface area (TPSA) is 59.4 Å². The summed E-state index contributed by atoms with van der Waals surface area (Å²) >= 11 is 0. The average molecular weight is 352 g/mol. The highest BCUT2D eigenvalue weighted by Crippen LogP contribution is 2.32. The number of amides is 1. The van der Waals surface area contributed by atoms with Crippen LogP contribution in [0, 0.1) is 17.2 Å². The minimum Gasteiger partial charge on any atom is -0.371 e. The van der Waals surface area contributed by atoms with Crippen LogP contribution in [0.4, 0.5) is 5.69 Å². The second-order valence-electron chi connectivity index (χ2n) is 7.96. The molecule has 1 saturated heterocycles. The van der Waals surface area contributed by atoms with Crippen LogP contribution in [-0.2, 0) is 11.2 Å². The van der Waals surface area contributed by atoms with Gasteiger partial charge in [0, 0.05) is 31.4 Å². The highest BCUT2D eigenvalue weighted by molar-refractivity contribution is 5.79. The molecule has 1 aromatic rings. The molecular formula is C21H28N4O. The maximum atomic E-state index is 12.4. The molecule has 3 atom stereocenters. The molecule has 5 heteroatoms. The number of fused-ring (bicyclic) bond motifs is 1. The van der Waals surface area contributed by atoms with E-state index in [9.17, 15) is 4.79 Å². The van der Waals surface area contributed by atoms with Crippen molar-refractivity contribution in [1.29, 1.82) is 5.26 Å². The summed E-state index contributed by atoms with van der Waals surface area (Å²) in [5.41, 5.74) is 2.89. The third-order valence-electron chi connectivity index (χ3n) is 6.27. The van der Waals surface area contributed by atoms with E-state index < -0.39 is 0 Å². The largest absolute Gasteiger partial charge is 0.371 e. The third kappa shape index (κ3) is 3.57. The number of likely N-dealkylation sites (tertiary alicyclic amines) is 1. The Morgan fingerprint density at radius 3 is 3.00 bits per heavy atom. The van der Waals surface area contributed by atoms with Crippen LogP contribution in [0.3, 0.4) is 0 Å². The van der Waals surface area contributed by atoms with Gasteiger partial charge in [0.05, 0.1) is 12.6 Å². The Labute approximate surface area is 156 Å². The standard InChI is InChI=1S/C21H28N4O/c22-13-19-5-3-10-25(19)21(26)14-23-18-8-7-16(12-18)15-24-11-9-17-4-1-2-6-20(17)24/h1-2,4,6,16,18-19,23H,3,5,7-12,14-15H2. The minimum atomic E-state index is -0.212. The number of hydrogen-bond acceptors (Lipinski definition) is 4. The van der Waals surface area contributed by atoms with Gasteiger partial charge in [0.25, 0.3) is 0 Å². The van der Waals surface area contributed by atoms with Gasteiger partial charge in [-0.05, 0) is 56.1 Å². The molecule has 138 valence electrons. The normalized spacial score (nSPS) is 27.6. The lowest BCUT2D eigenvalue weighted by Crippen LogP contribution is -2.43. The Bertz CT molecular complexity index is 697. The Kier molecular flexibility index (Phi) is 5.12. The van der Waals surface area contributed by atoms with E-state index in [1.807, 2.05) is 0 Å². The number of carbonyl (C=O) groups is 1. The van der Waals surface area contributed by atoms with Crippen LogP contribution >= 0.6 is 0 Å². The van der Waals surface area contributed by atoms with Crippen LogP contribution in [-0.4, -0.2) is 49.1 Å². The zero-order valence-corrected chi connectivity index (χ0v) is 15.4. The Morgan fingerprint density at radius 1 is 1.23 bits per heavy atom. The molecule has 0 radical (unpaired) electrons. The number of para-hydroxylation sites is 1. The first-order valence-corrected chi connectivity index (χ1v) is 10.00. The lowest BCUT2D eigenvalue weighted by atomic mass is 10.1. The molecule has 3 aliphatic rings. The first-order valence-electron chi connectivity index (χ1n) is 10.00. The summed E-state index contributed by atoms with van der Waals surface area (Å²) in [6, 6.07) is 11.2. The van der Waals surface area contributed by atoms with Crippen molar-refractivity contribution in [3.05, 3.63) is 29.8 Å². The highest BCUT2D eigenvalue weighted by Gasteiger charge is 2.31. The van der Waals surface area contributed by atoms with Crippen LogP contribution in [0.2, 0.25) is 0 Å². The fourth-order valence-corrected chi connectivity index (χ4v) is 4.87. The van der Waals surface area contributed by atoms with Gasteiger partial charge in [-0.15, -0.1) is 0 Å². The zero-order valence-electron chi connectivity index (χ0n) is 15.4. The van der Waals surface area contributed by atoms with Crippen LogP contribution < -0.4 is 10.2 Å². The van der Waals surface area contributed by atoms with Gasteiger partial charge in [-0.1, -0.05) is 18.2 Å². The lowest BCUT2D eigenvalue weighted by molar-refractivity contribution is -0.130. The van der Waals surface area contributed by atoms with Crippen molar-refractivity contribution in [2.45, 2.75) is 50.6 Å². The molecular weight excluding hydrogens is 324 g/mol. The summed E-state index contributed by atoms with van der Waals surface area (Å²) in [7, 11) is 0. The van der Waals surface area contributed by atoms with Gasteiger partial charge in [0.15, 0.2) is 0 Å². The Balaban J connectivity index is 1.23. The smallest absolute Gasteiger partial charge is 0.237 e. The molecule has 4 rings (SSSR count). The maximum absolute atomic E-state index is 12.4. The summed E-state index contributed by atoms with van der Waals surface area (Å²) in [6.45, 7) is 3.38. The SMILES string of the molecule is N#CC1CCCN1C(=O)CNC1CCC(CN2CCc3ccccc32)C1. The number of anilines is 1. The summed E-state index contributed by atoms with van der Waals surface area (Å²) in [5, 5.41) is 12.6. The molecule has 2 fully saturated rings.